The first kappa shape index (κ1) is 18.0. The van der Waals surface area contributed by atoms with Gasteiger partial charge in [-0.25, -0.2) is 4.98 Å². The van der Waals surface area contributed by atoms with E-state index in [0.29, 0.717) is 10.8 Å². The monoisotopic (exact) mass is 391 g/mol. The molecule has 0 saturated carbocycles. The Morgan fingerprint density at radius 1 is 1.24 bits per heavy atom. The highest BCUT2D eigenvalue weighted by Gasteiger charge is 2.12. The molecular weight excluding hydrogens is 374 g/mol. The van der Waals surface area contributed by atoms with E-state index in [0.717, 1.165) is 27.7 Å². The Balaban J connectivity index is 1.57. The standard InChI is InChI=1S/C18H18ClN3OS2/c1-22(2)18-12(19)6-5-8-14(18)20-16(23)10-24-11-17-21-13-7-3-4-9-15(13)25-17/h3-9H,10-11H2,1-2H3,(H,20,23). The fourth-order valence-electron chi connectivity index (χ4n) is 2.47. The number of carbonyl (C=O) groups is 1. The lowest BCUT2D eigenvalue weighted by atomic mass is 10.2. The number of nitrogens with zero attached hydrogens (tertiary/aromatic N) is 2. The van der Waals surface area contributed by atoms with Crippen molar-refractivity contribution in [2.24, 2.45) is 0 Å². The molecule has 0 spiro atoms. The topological polar surface area (TPSA) is 45.2 Å². The number of benzene rings is 2. The Kier molecular flexibility index (Phi) is 5.83. The molecule has 7 heteroatoms. The number of thiazole rings is 1. The molecule has 2 aromatic carbocycles. The van der Waals surface area contributed by atoms with Crippen molar-refractivity contribution in [1.29, 1.82) is 0 Å². The number of aromatic nitrogens is 1. The van der Waals surface area contributed by atoms with E-state index < -0.39 is 0 Å². The first-order chi connectivity index (χ1) is 12.0. The number of halogens is 1. The molecule has 3 rings (SSSR count). The SMILES string of the molecule is CN(C)c1c(Cl)cccc1NC(=O)CSCc1nc2ccccc2s1. The third kappa shape index (κ3) is 4.45. The van der Waals surface area contributed by atoms with Gasteiger partial charge >= 0.3 is 0 Å². The summed E-state index contributed by atoms with van der Waals surface area (Å²) in [6, 6.07) is 13.6. The molecule has 130 valence electrons. The fourth-order valence-corrected chi connectivity index (χ4v) is 4.66. The van der Waals surface area contributed by atoms with Crippen LogP contribution in [0.15, 0.2) is 42.5 Å². The van der Waals surface area contributed by atoms with Crippen molar-refractivity contribution in [3.63, 3.8) is 0 Å². The largest absolute Gasteiger partial charge is 0.375 e. The van der Waals surface area contributed by atoms with Crippen LogP contribution in [-0.4, -0.2) is 30.7 Å². The van der Waals surface area contributed by atoms with Crippen molar-refractivity contribution in [1.82, 2.24) is 4.98 Å². The molecule has 0 atom stereocenters. The first-order valence-electron chi connectivity index (χ1n) is 7.72. The molecule has 1 amide bonds. The minimum Gasteiger partial charge on any atom is -0.375 e. The zero-order valence-electron chi connectivity index (χ0n) is 14.0. The van der Waals surface area contributed by atoms with Gasteiger partial charge < -0.3 is 10.2 Å². The normalized spacial score (nSPS) is 10.8. The number of thioether (sulfide) groups is 1. The van der Waals surface area contributed by atoms with Crippen molar-refractivity contribution < 1.29 is 4.79 Å². The number of hydrogen-bond acceptors (Lipinski definition) is 5. The molecule has 3 aromatic rings. The van der Waals surface area contributed by atoms with E-state index in [4.69, 9.17) is 11.6 Å². The highest BCUT2D eigenvalue weighted by Crippen LogP contribution is 2.32. The summed E-state index contributed by atoms with van der Waals surface area (Å²) in [4.78, 5) is 18.7. The van der Waals surface area contributed by atoms with Crippen LogP contribution >= 0.6 is 34.7 Å². The number of fused-ring (bicyclic) bond motifs is 1. The van der Waals surface area contributed by atoms with Gasteiger partial charge in [-0.2, -0.15) is 0 Å². The number of anilines is 2. The second kappa shape index (κ2) is 8.08. The quantitative estimate of drug-likeness (QED) is 0.649. The average molecular weight is 392 g/mol. The summed E-state index contributed by atoms with van der Waals surface area (Å²) in [6.07, 6.45) is 0. The van der Waals surface area contributed by atoms with Crippen molar-refractivity contribution in [2.75, 3.05) is 30.1 Å². The highest BCUT2D eigenvalue weighted by molar-refractivity contribution is 7.99. The van der Waals surface area contributed by atoms with Crippen LogP contribution < -0.4 is 10.2 Å². The number of amides is 1. The average Bonchev–Trinajstić information content (AvgIpc) is 2.97. The van der Waals surface area contributed by atoms with Gasteiger partial charge in [-0.15, -0.1) is 23.1 Å². The lowest BCUT2D eigenvalue weighted by Crippen LogP contribution is -2.18. The van der Waals surface area contributed by atoms with Gasteiger partial charge in [0.2, 0.25) is 5.91 Å². The number of nitrogens with one attached hydrogen (secondary N) is 1. The van der Waals surface area contributed by atoms with Crippen molar-refractivity contribution in [3.05, 3.63) is 52.5 Å². The van der Waals surface area contributed by atoms with Gasteiger partial charge in [-0.1, -0.05) is 29.8 Å². The summed E-state index contributed by atoms with van der Waals surface area (Å²) in [5.41, 5.74) is 2.55. The Hall–Kier alpha value is -1.76. The Morgan fingerprint density at radius 2 is 2.04 bits per heavy atom. The van der Waals surface area contributed by atoms with E-state index in [2.05, 4.69) is 16.4 Å². The maximum absolute atomic E-state index is 12.3. The number of rotatable bonds is 6. The summed E-state index contributed by atoms with van der Waals surface area (Å²) in [5, 5.41) is 4.60. The van der Waals surface area contributed by atoms with Gasteiger partial charge in [-0.05, 0) is 24.3 Å². The van der Waals surface area contributed by atoms with E-state index >= 15 is 0 Å². The maximum atomic E-state index is 12.3. The van der Waals surface area contributed by atoms with Gasteiger partial charge in [-0.3, -0.25) is 4.79 Å². The Labute approximate surface area is 160 Å². The molecule has 1 aromatic heterocycles. The van der Waals surface area contributed by atoms with Crippen molar-refractivity contribution >= 4 is 62.2 Å². The fraction of sp³-hybridized carbons (Fsp3) is 0.222. The molecule has 0 unspecified atom stereocenters. The molecule has 0 saturated heterocycles. The molecule has 0 aliphatic carbocycles. The van der Waals surface area contributed by atoms with Crippen LogP contribution in [0.4, 0.5) is 11.4 Å². The lowest BCUT2D eigenvalue weighted by molar-refractivity contribution is -0.113. The minimum atomic E-state index is -0.0449. The van der Waals surface area contributed by atoms with Gasteiger partial charge in [0.1, 0.15) is 5.01 Å². The van der Waals surface area contributed by atoms with Gasteiger partial charge in [0.05, 0.1) is 32.4 Å². The molecule has 0 fully saturated rings. The van der Waals surface area contributed by atoms with E-state index in [1.165, 1.54) is 4.70 Å². The third-order valence-electron chi connectivity index (χ3n) is 3.50. The van der Waals surface area contributed by atoms with Crippen LogP contribution in [-0.2, 0) is 10.5 Å². The third-order valence-corrected chi connectivity index (χ3v) is 5.97. The summed E-state index contributed by atoms with van der Waals surface area (Å²) < 4.78 is 1.18. The van der Waals surface area contributed by atoms with Crippen LogP contribution in [0.2, 0.25) is 5.02 Å². The maximum Gasteiger partial charge on any atom is 0.234 e. The number of hydrogen-bond donors (Lipinski definition) is 1. The smallest absolute Gasteiger partial charge is 0.234 e. The first-order valence-corrected chi connectivity index (χ1v) is 10.1. The van der Waals surface area contributed by atoms with Crippen LogP contribution in [0.5, 0.6) is 0 Å². The van der Waals surface area contributed by atoms with E-state index in [9.17, 15) is 4.79 Å². The molecule has 0 bridgehead atoms. The van der Waals surface area contributed by atoms with Crippen molar-refractivity contribution in [3.8, 4) is 0 Å². The predicted octanol–water partition coefficient (Wildman–Crippen LogP) is 4.89. The lowest BCUT2D eigenvalue weighted by Gasteiger charge is -2.19. The summed E-state index contributed by atoms with van der Waals surface area (Å²) in [5.74, 6) is 1.05. The van der Waals surface area contributed by atoms with Crippen LogP contribution in [0.1, 0.15) is 5.01 Å². The Morgan fingerprint density at radius 3 is 2.80 bits per heavy atom. The molecule has 1 N–H and O–H groups in total. The van der Waals surface area contributed by atoms with Gasteiger partial charge in [0, 0.05) is 19.8 Å². The van der Waals surface area contributed by atoms with Crippen LogP contribution in [0.25, 0.3) is 10.2 Å². The molecule has 25 heavy (non-hydrogen) atoms. The molecule has 1 heterocycles. The summed E-state index contributed by atoms with van der Waals surface area (Å²) >= 11 is 9.46. The molecular formula is C18H18ClN3OS2. The van der Waals surface area contributed by atoms with E-state index in [1.54, 1.807) is 23.1 Å². The van der Waals surface area contributed by atoms with Crippen molar-refractivity contribution in [2.45, 2.75) is 5.75 Å². The number of para-hydroxylation sites is 2. The van der Waals surface area contributed by atoms with Crippen LogP contribution in [0.3, 0.4) is 0 Å². The highest BCUT2D eigenvalue weighted by atomic mass is 35.5. The minimum absolute atomic E-state index is 0.0449. The van der Waals surface area contributed by atoms with E-state index in [-0.39, 0.29) is 5.91 Å². The predicted molar refractivity (Wildman–Crippen MR) is 110 cm³/mol. The van der Waals surface area contributed by atoms with E-state index in [1.807, 2.05) is 55.4 Å². The Bertz CT molecular complexity index is 862. The number of carbonyl (C=O) groups excluding carboxylic acids is 1. The molecule has 0 aliphatic heterocycles. The zero-order valence-corrected chi connectivity index (χ0v) is 16.3. The second-order valence-corrected chi connectivity index (χ2v) is 8.15. The molecule has 0 aliphatic rings. The molecule has 0 radical (unpaired) electrons. The summed E-state index contributed by atoms with van der Waals surface area (Å²) in [7, 11) is 3.80. The van der Waals surface area contributed by atoms with Gasteiger partial charge in [0.15, 0.2) is 0 Å². The van der Waals surface area contributed by atoms with Crippen LogP contribution in [0, 0.1) is 0 Å². The molecule has 4 nitrogen and oxygen atoms in total. The zero-order chi connectivity index (χ0) is 17.8. The second-order valence-electron chi connectivity index (χ2n) is 5.65. The van der Waals surface area contributed by atoms with Gasteiger partial charge in [0.25, 0.3) is 0 Å². The summed E-state index contributed by atoms with van der Waals surface area (Å²) in [6.45, 7) is 0.